The summed E-state index contributed by atoms with van der Waals surface area (Å²) in [4.78, 5) is 15.1. The first-order valence-corrected chi connectivity index (χ1v) is 18.9. The molecule has 4 atom stereocenters. The van der Waals surface area contributed by atoms with Crippen LogP contribution in [0.5, 0.6) is 0 Å². The zero-order valence-electron chi connectivity index (χ0n) is 30.5. The van der Waals surface area contributed by atoms with Crippen LogP contribution in [-0.4, -0.2) is 15.0 Å². The summed E-state index contributed by atoms with van der Waals surface area (Å²) in [6.45, 7) is 9.50. The van der Waals surface area contributed by atoms with Gasteiger partial charge in [0.05, 0.1) is 11.6 Å². The van der Waals surface area contributed by atoms with Crippen molar-refractivity contribution >= 4 is 0 Å². The largest absolute Gasteiger partial charge is 0.208 e. The Morgan fingerprint density at radius 1 is 0.558 bits per heavy atom. The highest BCUT2D eigenvalue weighted by atomic mass is 15.0. The Morgan fingerprint density at radius 3 is 1.67 bits per heavy atom. The molecular weight excluding hydrogens is 633 g/mol. The molecule has 1 heterocycles. The second-order valence-corrected chi connectivity index (χ2v) is 16.5. The number of rotatable bonds is 5. The standard InChI is InChI=1S/C48H44N4/c1-30-23-33-24-31(2)27-48(26-30,28-33)39-20-17-35(18-21-39)34-13-15-37(16-14-34)45-50-44(36-11-9-32(29-49)10-12-36)51-46(52-45)38-19-22-41-40-7-5-6-8-42(40)47(3,4)43(41)25-38/h5-22,25,30-31,33H,23-24,26-28H2,1-4H3/t30-,31+,33?,48?. The maximum absolute atomic E-state index is 9.41. The number of aromatic nitrogens is 3. The SMILES string of the molecule is C[C@@H]1CC2C[C@H](C)CC(c3ccc(-c4ccc(-c5nc(-c6ccc(C#N)cc6)nc(-c6ccc7c(c6)C(C)(C)c6ccccc6-7)n5)cc4)cc3)(C2)C1. The Balaban J connectivity index is 1.06. The molecule has 9 rings (SSSR count). The minimum atomic E-state index is -0.131. The average molecular weight is 677 g/mol. The molecule has 2 saturated carbocycles. The van der Waals surface area contributed by atoms with Crippen LogP contribution in [0.4, 0.5) is 0 Å². The maximum atomic E-state index is 9.41. The second kappa shape index (κ2) is 12.4. The van der Waals surface area contributed by atoms with Crippen LogP contribution >= 0.6 is 0 Å². The topological polar surface area (TPSA) is 62.5 Å². The Bertz CT molecular complexity index is 2330. The lowest BCUT2D eigenvalue weighted by Gasteiger charge is -2.50. The van der Waals surface area contributed by atoms with Crippen molar-refractivity contribution in [3.63, 3.8) is 0 Å². The molecule has 2 fully saturated rings. The lowest BCUT2D eigenvalue weighted by Crippen LogP contribution is -2.42. The molecule has 256 valence electrons. The van der Waals surface area contributed by atoms with Crippen LogP contribution in [0.3, 0.4) is 0 Å². The van der Waals surface area contributed by atoms with E-state index in [0.717, 1.165) is 34.4 Å². The van der Waals surface area contributed by atoms with Gasteiger partial charge in [-0.05, 0) is 125 Å². The summed E-state index contributed by atoms with van der Waals surface area (Å²) < 4.78 is 0. The molecule has 0 radical (unpaired) electrons. The third-order valence-corrected chi connectivity index (χ3v) is 12.4. The quantitative estimate of drug-likeness (QED) is 0.182. The van der Waals surface area contributed by atoms with Gasteiger partial charge in [0, 0.05) is 22.1 Å². The van der Waals surface area contributed by atoms with E-state index in [1.807, 2.05) is 24.3 Å². The molecular formula is C48H44N4. The van der Waals surface area contributed by atoms with E-state index < -0.39 is 0 Å². The van der Waals surface area contributed by atoms with E-state index in [9.17, 15) is 5.26 Å². The number of fused-ring (bicyclic) bond motifs is 5. The van der Waals surface area contributed by atoms with E-state index in [0.29, 0.717) is 28.5 Å². The van der Waals surface area contributed by atoms with Crippen LogP contribution < -0.4 is 0 Å². The van der Waals surface area contributed by atoms with Crippen LogP contribution in [-0.2, 0) is 10.8 Å². The van der Waals surface area contributed by atoms with Crippen LogP contribution in [0.1, 0.15) is 82.1 Å². The Kier molecular flexibility index (Phi) is 7.74. The minimum absolute atomic E-state index is 0.131. The van der Waals surface area contributed by atoms with Crippen molar-refractivity contribution in [1.29, 1.82) is 5.26 Å². The Hall–Kier alpha value is -5.40. The molecule has 4 nitrogen and oxygen atoms in total. The van der Waals surface area contributed by atoms with Crippen molar-refractivity contribution in [3.05, 3.63) is 138 Å². The van der Waals surface area contributed by atoms with Crippen molar-refractivity contribution in [3.8, 4) is 62.5 Å². The monoisotopic (exact) mass is 676 g/mol. The molecule has 0 spiro atoms. The normalized spacial score (nSPS) is 22.6. The zero-order chi connectivity index (χ0) is 35.6. The Morgan fingerprint density at radius 2 is 1.06 bits per heavy atom. The summed E-state index contributed by atoms with van der Waals surface area (Å²) in [6, 6.07) is 43.1. The number of hydrogen-bond donors (Lipinski definition) is 0. The fourth-order valence-corrected chi connectivity index (χ4v) is 10.2. The molecule has 6 aromatic rings. The highest BCUT2D eigenvalue weighted by Gasteiger charge is 2.45. The smallest absolute Gasteiger partial charge is 0.164 e. The van der Waals surface area contributed by atoms with Crippen molar-refractivity contribution < 1.29 is 0 Å². The maximum Gasteiger partial charge on any atom is 0.164 e. The van der Waals surface area contributed by atoms with Gasteiger partial charge in [0.2, 0.25) is 0 Å². The zero-order valence-corrected chi connectivity index (χ0v) is 30.5. The fraction of sp³-hybridized carbons (Fsp3) is 0.292. The van der Waals surface area contributed by atoms with E-state index in [1.165, 1.54) is 71.0 Å². The van der Waals surface area contributed by atoms with Crippen molar-refractivity contribution in [2.24, 2.45) is 17.8 Å². The summed E-state index contributed by atoms with van der Waals surface area (Å²) >= 11 is 0. The van der Waals surface area contributed by atoms with Crippen LogP contribution in [0.2, 0.25) is 0 Å². The summed E-state index contributed by atoms with van der Waals surface area (Å²) in [5.74, 6) is 4.33. The minimum Gasteiger partial charge on any atom is -0.208 e. The summed E-state index contributed by atoms with van der Waals surface area (Å²) in [6.07, 6.45) is 6.78. The second-order valence-electron chi connectivity index (χ2n) is 16.5. The van der Waals surface area contributed by atoms with E-state index in [2.05, 4.69) is 125 Å². The molecule has 2 bridgehead atoms. The van der Waals surface area contributed by atoms with Crippen molar-refractivity contribution in [2.45, 2.75) is 70.6 Å². The van der Waals surface area contributed by atoms with Gasteiger partial charge in [0.25, 0.3) is 0 Å². The van der Waals surface area contributed by atoms with Gasteiger partial charge in [-0.3, -0.25) is 0 Å². The molecule has 0 saturated heterocycles. The van der Waals surface area contributed by atoms with Crippen LogP contribution in [0.15, 0.2) is 115 Å². The first-order chi connectivity index (χ1) is 25.2. The van der Waals surface area contributed by atoms with Gasteiger partial charge in [-0.2, -0.15) is 5.26 Å². The average Bonchev–Trinajstić information content (AvgIpc) is 3.39. The molecule has 4 heteroatoms. The van der Waals surface area contributed by atoms with E-state index in [4.69, 9.17) is 15.0 Å². The predicted molar refractivity (Wildman–Crippen MR) is 210 cm³/mol. The van der Waals surface area contributed by atoms with Gasteiger partial charge in [-0.1, -0.05) is 113 Å². The van der Waals surface area contributed by atoms with Gasteiger partial charge in [-0.25, -0.2) is 15.0 Å². The van der Waals surface area contributed by atoms with Crippen LogP contribution in [0, 0.1) is 29.1 Å². The highest BCUT2D eigenvalue weighted by Crippen LogP contribution is 2.54. The first-order valence-electron chi connectivity index (χ1n) is 18.9. The fourth-order valence-electron chi connectivity index (χ4n) is 10.2. The van der Waals surface area contributed by atoms with E-state index >= 15 is 0 Å². The first kappa shape index (κ1) is 32.5. The number of nitrogens with zero attached hydrogens (tertiary/aromatic N) is 4. The lowest BCUT2D eigenvalue weighted by atomic mass is 9.54. The van der Waals surface area contributed by atoms with Gasteiger partial charge in [0.15, 0.2) is 17.5 Å². The lowest BCUT2D eigenvalue weighted by molar-refractivity contribution is 0.0780. The molecule has 0 N–H and O–H groups in total. The van der Waals surface area contributed by atoms with Gasteiger partial charge >= 0.3 is 0 Å². The number of benzene rings is 5. The highest BCUT2D eigenvalue weighted by molar-refractivity contribution is 5.83. The summed E-state index contributed by atoms with van der Waals surface area (Å²) in [7, 11) is 0. The summed E-state index contributed by atoms with van der Waals surface area (Å²) in [5.41, 5.74) is 12.7. The third-order valence-electron chi connectivity index (χ3n) is 12.4. The molecule has 52 heavy (non-hydrogen) atoms. The molecule has 2 unspecified atom stereocenters. The number of hydrogen-bond acceptors (Lipinski definition) is 4. The Labute approximate surface area is 307 Å². The molecule has 3 aliphatic carbocycles. The predicted octanol–water partition coefficient (Wildman–Crippen LogP) is 11.8. The number of nitriles is 1. The van der Waals surface area contributed by atoms with Crippen LogP contribution in [0.25, 0.3) is 56.4 Å². The molecule has 5 aromatic carbocycles. The van der Waals surface area contributed by atoms with E-state index in [-0.39, 0.29) is 5.41 Å². The molecule has 0 amide bonds. The van der Waals surface area contributed by atoms with Crippen molar-refractivity contribution in [2.75, 3.05) is 0 Å². The van der Waals surface area contributed by atoms with Gasteiger partial charge < -0.3 is 0 Å². The molecule has 0 aliphatic heterocycles. The molecule has 1 aromatic heterocycles. The summed E-state index contributed by atoms with van der Waals surface area (Å²) in [5, 5.41) is 9.41. The van der Waals surface area contributed by atoms with Gasteiger partial charge in [0.1, 0.15) is 0 Å². The third kappa shape index (κ3) is 5.55. The van der Waals surface area contributed by atoms with E-state index in [1.54, 1.807) is 0 Å². The van der Waals surface area contributed by atoms with Gasteiger partial charge in [-0.15, -0.1) is 0 Å². The molecule has 3 aliphatic rings. The van der Waals surface area contributed by atoms with Crippen molar-refractivity contribution in [1.82, 2.24) is 15.0 Å².